The lowest BCUT2D eigenvalue weighted by atomic mass is 9.92. The third-order valence-electron chi connectivity index (χ3n) is 2.96. The highest BCUT2D eigenvalue weighted by Crippen LogP contribution is 2.28. The van der Waals surface area contributed by atoms with Crippen LogP contribution in [0.5, 0.6) is 0 Å². The van der Waals surface area contributed by atoms with Gasteiger partial charge in [0.15, 0.2) is 5.65 Å². The summed E-state index contributed by atoms with van der Waals surface area (Å²) in [7, 11) is 0. The quantitative estimate of drug-likeness (QED) is 0.813. The Morgan fingerprint density at radius 2 is 2.25 bits per heavy atom. The molecule has 5 heteroatoms. The van der Waals surface area contributed by atoms with Crippen molar-refractivity contribution in [2.45, 2.75) is 31.2 Å². The fourth-order valence-electron chi connectivity index (χ4n) is 2.03. The van der Waals surface area contributed by atoms with Crippen molar-refractivity contribution in [1.29, 1.82) is 0 Å². The molecule has 0 amide bonds. The minimum Gasteiger partial charge on any atom is -0.367 e. The van der Waals surface area contributed by atoms with E-state index in [-0.39, 0.29) is 0 Å². The third-order valence-corrected chi connectivity index (χ3v) is 3.31. The van der Waals surface area contributed by atoms with Gasteiger partial charge in [-0.1, -0.05) is 0 Å². The summed E-state index contributed by atoms with van der Waals surface area (Å²) in [5.74, 6) is 1.00. The van der Waals surface area contributed by atoms with E-state index in [4.69, 9.17) is 11.6 Å². The maximum Gasteiger partial charge on any atom is 0.157 e. The predicted octanol–water partition coefficient (Wildman–Crippen LogP) is 2.22. The van der Waals surface area contributed by atoms with Crippen LogP contribution in [0.3, 0.4) is 0 Å². The van der Waals surface area contributed by atoms with Crippen molar-refractivity contribution in [3.8, 4) is 0 Å². The lowest BCUT2D eigenvalue weighted by Gasteiger charge is -2.32. The second kappa shape index (κ2) is 3.63. The van der Waals surface area contributed by atoms with Crippen molar-refractivity contribution in [2.75, 3.05) is 5.32 Å². The summed E-state index contributed by atoms with van der Waals surface area (Å²) < 4.78 is 1.83. The Hall–Kier alpha value is -1.29. The van der Waals surface area contributed by atoms with Gasteiger partial charge in [0.2, 0.25) is 0 Å². The zero-order valence-corrected chi connectivity index (χ0v) is 9.78. The van der Waals surface area contributed by atoms with Crippen LogP contribution in [-0.2, 0) is 0 Å². The lowest BCUT2D eigenvalue weighted by molar-refractivity contribution is 0.452. The summed E-state index contributed by atoms with van der Waals surface area (Å²) in [6, 6.07) is 4.57. The number of aromatic nitrogens is 3. The first-order valence-corrected chi connectivity index (χ1v) is 5.87. The molecule has 0 saturated heterocycles. The molecule has 4 nitrogen and oxygen atoms in total. The van der Waals surface area contributed by atoms with Crippen LogP contribution in [0.15, 0.2) is 18.5 Å². The van der Waals surface area contributed by atoms with Crippen LogP contribution in [0.1, 0.15) is 18.4 Å². The number of hydrogen-bond donors (Lipinski definition) is 1. The molecule has 0 radical (unpaired) electrons. The number of anilines is 1. The molecule has 0 spiro atoms. The van der Waals surface area contributed by atoms with E-state index >= 15 is 0 Å². The van der Waals surface area contributed by atoms with Crippen LogP contribution in [0.2, 0.25) is 0 Å². The average molecular weight is 237 g/mol. The van der Waals surface area contributed by atoms with E-state index in [1.807, 2.05) is 10.6 Å². The number of alkyl halides is 1. The van der Waals surface area contributed by atoms with E-state index in [2.05, 4.69) is 28.4 Å². The maximum atomic E-state index is 5.96. The lowest BCUT2D eigenvalue weighted by Crippen LogP contribution is -2.36. The smallest absolute Gasteiger partial charge is 0.157 e. The molecule has 3 rings (SSSR count). The summed E-state index contributed by atoms with van der Waals surface area (Å²) in [6.07, 6.45) is 3.61. The molecule has 0 atom stereocenters. The monoisotopic (exact) mass is 236 g/mol. The van der Waals surface area contributed by atoms with Gasteiger partial charge in [0, 0.05) is 11.4 Å². The predicted molar refractivity (Wildman–Crippen MR) is 64.0 cm³/mol. The summed E-state index contributed by atoms with van der Waals surface area (Å²) in [6.45, 7) is 2.06. The molecule has 1 fully saturated rings. The van der Waals surface area contributed by atoms with Gasteiger partial charge in [0.1, 0.15) is 12.1 Å². The third kappa shape index (κ3) is 1.63. The van der Waals surface area contributed by atoms with Gasteiger partial charge in [-0.15, -0.1) is 11.6 Å². The minimum absolute atomic E-state index is 0.327. The average Bonchev–Trinajstić information content (AvgIpc) is 2.62. The van der Waals surface area contributed by atoms with Crippen molar-refractivity contribution in [2.24, 2.45) is 0 Å². The minimum atomic E-state index is 0.327. The number of fused-ring (bicyclic) bond motifs is 1. The van der Waals surface area contributed by atoms with Crippen molar-refractivity contribution in [3.05, 3.63) is 24.0 Å². The summed E-state index contributed by atoms with van der Waals surface area (Å²) in [5, 5.41) is 7.98. The first-order valence-electron chi connectivity index (χ1n) is 5.43. The normalized spacial score (nSPS) is 24.4. The zero-order chi connectivity index (χ0) is 11.1. The molecule has 0 aromatic carbocycles. The van der Waals surface area contributed by atoms with Gasteiger partial charge in [-0.05, 0) is 37.5 Å². The van der Waals surface area contributed by atoms with Crippen molar-refractivity contribution >= 4 is 23.1 Å². The van der Waals surface area contributed by atoms with E-state index in [0.717, 1.165) is 24.3 Å². The number of rotatable bonds is 2. The summed E-state index contributed by atoms with van der Waals surface area (Å²) in [5.41, 5.74) is 2.06. The van der Waals surface area contributed by atoms with Crippen molar-refractivity contribution < 1.29 is 0 Å². The van der Waals surface area contributed by atoms with Crippen molar-refractivity contribution in [1.82, 2.24) is 14.6 Å². The van der Waals surface area contributed by atoms with Gasteiger partial charge < -0.3 is 5.32 Å². The molecule has 0 bridgehead atoms. The second-order valence-electron chi connectivity index (χ2n) is 4.36. The Bertz CT molecular complexity index is 516. The van der Waals surface area contributed by atoms with Crippen LogP contribution in [0.25, 0.3) is 5.65 Å². The molecule has 84 valence electrons. The number of pyridine rings is 1. The molecule has 1 N–H and O–H groups in total. The maximum absolute atomic E-state index is 5.96. The number of nitrogens with one attached hydrogen (secondary N) is 1. The van der Waals surface area contributed by atoms with Gasteiger partial charge in [0.05, 0.1) is 0 Å². The van der Waals surface area contributed by atoms with E-state index in [9.17, 15) is 0 Å². The Balaban J connectivity index is 1.92. The molecule has 0 unspecified atom stereocenters. The number of nitrogens with zero attached hydrogens (tertiary/aromatic N) is 3. The molecule has 1 saturated carbocycles. The summed E-state index contributed by atoms with van der Waals surface area (Å²) >= 11 is 5.96. The molecule has 1 aliphatic rings. The van der Waals surface area contributed by atoms with Gasteiger partial charge in [-0.2, -0.15) is 9.61 Å². The van der Waals surface area contributed by atoms with Crippen LogP contribution in [0, 0.1) is 6.92 Å². The van der Waals surface area contributed by atoms with Gasteiger partial charge in [-0.25, -0.2) is 4.98 Å². The molecule has 0 aliphatic heterocycles. The fourth-order valence-corrected chi connectivity index (χ4v) is 2.46. The van der Waals surface area contributed by atoms with Gasteiger partial charge in [-0.3, -0.25) is 0 Å². The molecular weight excluding hydrogens is 224 g/mol. The van der Waals surface area contributed by atoms with Crippen LogP contribution in [-0.4, -0.2) is 26.0 Å². The highest BCUT2D eigenvalue weighted by Gasteiger charge is 2.27. The number of halogens is 1. The van der Waals surface area contributed by atoms with Gasteiger partial charge in [0.25, 0.3) is 0 Å². The Labute approximate surface area is 98.6 Å². The van der Waals surface area contributed by atoms with Crippen LogP contribution in [0.4, 0.5) is 5.82 Å². The second-order valence-corrected chi connectivity index (χ2v) is 4.98. The summed E-state index contributed by atoms with van der Waals surface area (Å²) in [4.78, 5) is 4.19. The SMILES string of the molecule is Cc1cc(NC2CC(Cl)C2)n2ncnc2c1. The van der Waals surface area contributed by atoms with E-state index in [0.29, 0.717) is 11.4 Å². The molecule has 16 heavy (non-hydrogen) atoms. The fraction of sp³-hybridized carbons (Fsp3) is 0.455. The van der Waals surface area contributed by atoms with Gasteiger partial charge >= 0.3 is 0 Å². The molecule has 2 aromatic heterocycles. The molecule has 2 aromatic rings. The molecular formula is C11H13ClN4. The Kier molecular flexibility index (Phi) is 2.24. The van der Waals surface area contributed by atoms with E-state index in [1.165, 1.54) is 5.56 Å². The Morgan fingerprint density at radius 1 is 1.44 bits per heavy atom. The topological polar surface area (TPSA) is 42.2 Å². The molecule has 1 aliphatic carbocycles. The first kappa shape index (κ1) is 9.90. The van der Waals surface area contributed by atoms with Crippen LogP contribution >= 0.6 is 11.6 Å². The zero-order valence-electron chi connectivity index (χ0n) is 9.02. The number of aryl methyl sites for hydroxylation is 1. The highest BCUT2D eigenvalue weighted by molar-refractivity contribution is 6.21. The largest absolute Gasteiger partial charge is 0.367 e. The first-order chi connectivity index (χ1) is 7.72. The molecule has 2 heterocycles. The van der Waals surface area contributed by atoms with E-state index < -0.39 is 0 Å². The van der Waals surface area contributed by atoms with Crippen molar-refractivity contribution in [3.63, 3.8) is 0 Å². The Morgan fingerprint density at radius 3 is 3.00 bits per heavy atom. The number of hydrogen-bond acceptors (Lipinski definition) is 3. The highest BCUT2D eigenvalue weighted by atomic mass is 35.5. The standard InChI is InChI=1S/C11H13ClN4/c1-7-2-10-13-6-14-16(10)11(3-7)15-9-4-8(12)5-9/h2-3,6,8-9,15H,4-5H2,1H3. The van der Waals surface area contributed by atoms with Crippen LogP contribution < -0.4 is 5.32 Å². The van der Waals surface area contributed by atoms with E-state index in [1.54, 1.807) is 6.33 Å².